The number of hydrogen-bond acceptors (Lipinski definition) is 4. The van der Waals surface area contributed by atoms with Gasteiger partial charge in [-0.15, -0.1) is 0 Å². The fraction of sp³-hybridized carbons (Fsp3) is 0.857. The van der Waals surface area contributed by atoms with Crippen LogP contribution in [0.25, 0.3) is 0 Å². The van der Waals surface area contributed by atoms with E-state index in [1.807, 2.05) is 0 Å². The first kappa shape index (κ1) is 13.7. The van der Waals surface area contributed by atoms with Gasteiger partial charge in [0.1, 0.15) is 5.92 Å². The standard InChI is InChI=1S/C7H10F3NO4/c1-2-15-6(12)3-5(4-11(13)14)7(8,9)10/h5H,2-4H2,1H3/t5-/m0/s1. The van der Waals surface area contributed by atoms with E-state index in [0.717, 1.165) is 0 Å². The van der Waals surface area contributed by atoms with Crippen LogP contribution in [0.5, 0.6) is 0 Å². The Kier molecular flexibility index (Phi) is 5.03. The number of esters is 1. The smallest absolute Gasteiger partial charge is 0.398 e. The number of rotatable bonds is 5. The molecule has 0 bridgehead atoms. The van der Waals surface area contributed by atoms with Crippen LogP contribution < -0.4 is 0 Å². The van der Waals surface area contributed by atoms with E-state index in [4.69, 9.17) is 0 Å². The highest BCUT2D eigenvalue weighted by molar-refractivity contribution is 5.69. The van der Waals surface area contributed by atoms with Crippen LogP contribution in [0.15, 0.2) is 0 Å². The summed E-state index contributed by atoms with van der Waals surface area (Å²) < 4.78 is 40.8. The molecule has 0 aliphatic carbocycles. The highest BCUT2D eigenvalue weighted by Crippen LogP contribution is 2.29. The Morgan fingerprint density at radius 1 is 1.53 bits per heavy atom. The van der Waals surface area contributed by atoms with Crippen molar-refractivity contribution in [3.8, 4) is 0 Å². The Morgan fingerprint density at radius 3 is 2.40 bits per heavy atom. The summed E-state index contributed by atoms with van der Waals surface area (Å²) >= 11 is 0. The largest absolute Gasteiger partial charge is 0.466 e. The van der Waals surface area contributed by atoms with Crippen LogP contribution in [0.2, 0.25) is 0 Å². The topological polar surface area (TPSA) is 69.4 Å². The fourth-order valence-electron chi connectivity index (χ4n) is 0.885. The number of alkyl halides is 3. The van der Waals surface area contributed by atoms with E-state index < -0.39 is 36.0 Å². The van der Waals surface area contributed by atoms with Gasteiger partial charge in [-0.1, -0.05) is 0 Å². The van der Waals surface area contributed by atoms with Crippen LogP contribution in [0, 0.1) is 16.0 Å². The minimum atomic E-state index is -4.76. The van der Waals surface area contributed by atoms with Gasteiger partial charge in [0.25, 0.3) is 0 Å². The molecule has 1 atom stereocenters. The number of nitrogens with zero attached hydrogens (tertiary/aromatic N) is 1. The van der Waals surface area contributed by atoms with Gasteiger partial charge in [-0.05, 0) is 6.92 Å². The minimum absolute atomic E-state index is 0.0537. The molecule has 0 amide bonds. The van der Waals surface area contributed by atoms with Gasteiger partial charge in [-0.25, -0.2) is 0 Å². The number of ether oxygens (including phenoxy) is 1. The molecule has 0 unspecified atom stereocenters. The molecular weight excluding hydrogens is 219 g/mol. The highest BCUT2D eigenvalue weighted by Gasteiger charge is 2.44. The Labute approximate surface area is 83.4 Å². The molecule has 0 rings (SSSR count). The summed E-state index contributed by atoms with van der Waals surface area (Å²) in [6.07, 6.45) is -5.78. The number of nitro groups is 1. The van der Waals surface area contributed by atoms with E-state index in [9.17, 15) is 28.1 Å². The Balaban J connectivity index is 4.38. The van der Waals surface area contributed by atoms with E-state index in [1.54, 1.807) is 0 Å². The van der Waals surface area contributed by atoms with Gasteiger partial charge in [-0.2, -0.15) is 13.2 Å². The van der Waals surface area contributed by atoms with Crippen LogP contribution in [0.4, 0.5) is 13.2 Å². The monoisotopic (exact) mass is 229 g/mol. The highest BCUT2D eigenvalue weighted by atomic mass is 19.4. The van der Waals surface area contributed by atoms with Crippen molar-refractivity contribution in [1.29, 1.82) is 0 Å². The maximum atomic E-state index is 12.2. The zero-order valence-corrected chi connectivity index (χ0v) is 7.91. The molecule has 0 spiro atoms. The molecule has 0 aromatic carbocycles. The van der Waals surface area contributed by atoms with Gasteiger partial charge in [0, 0.05) is 4.92 Å². The van der Waals surface area contributed by atoms with Gasteiger partial charge >= 0.3 is 12.1 Å². The molecule has 0 N–H and O–H groups in total. The molecule has 0 aliphatic rings. The van der Waals surface area contributed by atoms with Gasteiger partial charge in [0.05, 0.1) is 13.0 Å². The second-order valence-electron chi connectivity index (χ2n) is 2.76. The zero-order chi connectivity index (χ0) is 12.1. The quantitative estimate of drug-likeness (QED) is 0.406. The minimum Gasteiger partial charge on any atom is -0.466 e. The van der Waals surface area contributed by atoms with E-state index >= 15 is 0 Å². The normalized spacial score (nSPS) is 13.3. The maximum Gasteiger partial charge on any atom is 0.398 e. The van der Waals surface area contributed by atoms with Gasteiger partial charge in [0.2, 0.25) is 6.54 Å². The molecule has 88 valence electrons. The van der Waals surface area contributed by atoms with Crippen LogP contribution in [-0.4, -0.2) is 30.2 Å². The molecule has 15 heavy (non-hydrogen) atoms. The molecule has 0 aliphatic heterocycles. The van der Waals surface area contributed by atoms with Crippen molar-refractivity contribution in [2.24, 2.45) is 5.92 Å². The summed E-state index contributed by atoms with van der Waals surface area (Å²) in [5.41, 5.74) is 0. The van der Waals surface area contributed by atoms with Crippen molar-refractivity contribution >= 4 is 5.97 Å². The Hall–Kier alpha value is -1.34. The molecule has 0 aromatic heterocycles. The lowest BCUT2D eigenvalue weighted by Gasteiger charge is -2.15. The van der Waals surface area contributed by atoms with E-state index in [-0.39, 0.29) is 6.61 Å². The summed E-state index contributed by atoms with van der Waals surface area (Å²) in [4.78, 5) is 19.6. The lowest BCUT2D eigenvalue weighted by Crippen LogP contribution is -2.32. The molecule has 0 saturated heterocycles. The first-order valence-corrected chi connectivity index (χ1v) is 4.11. The van der Waals surface area contributed by atoms with Crippen LogP contribution in [0.3, 0.4) is 0 Å². The SMILES string of the molecule is CCOC(=O)C[C@@H](C[N+](=O)[O-])C(F)(F)F. The summed E-state index contributed by atoms with van der Waals surface area (Å²) in [6.45, 7) is 0.0676. The average molecular weight is 229 g/mol. The predicted molar refractivity (Wildman–Crippen MR) is 42.7 cm³/mol. The molecule has 0 fully saturated rings. The van der Waals surface area contributed by atoms with Crippen molar-refractivity contribution in [2.45, 2.75) is 19.5 Å². The molecule has 5 nitrogen and oxygen atoms in total. The number of carbonyl (C=O) groups is 1. The van der Waals surface area contributed by atoms with Gasteiger partial charge < -0.3 is 4.74 Å². The van der Waals surface area contributed by atoms with Crippen molar-refractivity contribution in [2.75, 3.05) is 13.2 Å². The average Bonchev–Trinajstić information content (AvgIpc) is 2.00. The lowest BCUT2D eigenvalue weighted by molar-refractivity contribution is -0.497. The van der Waals surface area contributed by atoms with Crippen LogP contribution >= 0.6 is 0 Å². The number of carbonyl (C=O) groups excluding carboxylic acids is 1. The lowest BCUT2D eigenvalue weighted by atomic mass is 10.1. The molecule has 8 heteroatoms. The Bertz CT molecular complexity index is 241. The first-order valence-electron chi connectivity index (χ1n) is 4.11. The third kappa shape index (κ3) is 5.87. The number of halogens is 3. The third-order valence-electron chi connectivity index (χ3n) is 1.55. The van der Waals surface area contributed by atoms with Crippen molar-refractivity contribution in [3.63, 3.8) is 0 Å². The van der Waals surface area contributed by atoms with Gasteiger partial charge in [0.15, 0.2) is 0 Å². The van der Waals surface area contributed by atoms with Gasteiger partial charge in [-0.3, -0.25) is 14.9 Å². The van der Waals surface area contributed by atoms with Crippen LogP contribution in [0.1, 0.15) is 13.3 Å². The van der Waals surface area contributed by atoms with E-state index in [1.165, 1.54) is 6.92 Å². The van der Waals surface area contributed by atoms with Crippen molar-refractivity contribution < 1.29 is 27.6 Å². The molecular formula is C7H10F3NO4. The fourth-order valence-corrected chi connectivity index (χ4v) is 0.885. The van der Waals surface area contributed by atoms with Crippen molar-refractivity contribution in [1.82, 2.24) is 0 Å². The summed E-state index contributed by atoms with van der Waals surface area (Å²) in [7, 11) is 0. The summed E-state index contributed by atoms with van der Waals surface area (Å²) in [5, 5.41) is 9.95. The Morgan fingerprint density at radius 2 is 2.07 bits per heavy atom. The number of hydrogen-bond donors (Lipinski definition) is 0. The maximum absolute atomic E-state index is 12.2. The molecule has 0 heterocycles. The van der Waals surface area contributed by atoms with E-state index in [0.29, 0.717) is 0 Å². The predicted octanol–water partition coefficient (Wildman–Crippen LogP) is 1.39. The summed E-state index contributed by atoms with van der Waals surface area (Å²) in [5.74, 6) is -3.37. The van der Waals surface area contributed by atoms with E-state index in [2.05, 4.69) is 4.74 Å². The second kappa shape index (κ2) is 5.52. The molecule has 0 saturated carbocycles. The second-order valence-corrected chi connectivity index (χ2v) is 2.76. The summed E-state index contributed by atoms with van der Waals surface area (Å²) in [6, 6.07) is 0. The molecule has 0 aromatic rings. The van der Waals surface area contributed by atoms with Crippen LogP contribution in [-0.2, 0) is 9.53 Å². The first-order chi connectivity index (χ1) is 6.77. The molecule has 0 radical (unpaired) electrons. The third-order valence-corrected chi connectivity index (χ3v) is 1.55. The zero-order valence-electron chi connectivity index (χ0n) is 7.91. The van der Waals surface area contributed by atoms with Crippen molar-refractivity contribution in [3.05, 3.63) is 10.1 Å².